The molecule has 1 aliphatic carbocycles. The highest BCUT2D eigenvalue weighted by Gasteiger charge is 2.34. The number of ether oxygens (including phenoxy) is 1. The molecule has 1 saturated heterocycles. The summed E-state index contributed by atoms with van der Waals surface area (Å²) in [7, 11) is 1.59. The molecular formula is C22H21N3O4S3. The molecular weight excluding hydrogens is 466 g/mol. The fourth-order valence-corrected chi connectivity index (χ4v) is 6.28. The van der Waals surface area contributed by atoms with Crippen molar-refractivity contribution in [2.75, 3.05) is 19.0 Å². The van der Waals surface area contributed by atoms with Crippen molar-refractivity contribution >= 4 is 68.4 Å². The van der Waals surface area contributed by atoms with Crippen LogP contribution in [-0.2, 0) is 22.4 Å². The van der Waals surface area contributed by atoms with Crippen molar-refractivity contribution in [2.45, 2.75) is 25.7 Å². The van der Waals surface area contributed by atoms with E-state index in [9.17, 15) is 14.4 Å². The van der Waals surface area contributed by atoms with Crippen LogP contribution in [0, 0.1) is 0 Å². The molecule has 0 unspecified atom stereocenters. The fourth-order valence-electron chi connectivity index (χ4n) is 3.71. The number of benzene rings is 1. The molecule has 2 aromatic rings. The van der Waals surface area contributed by atoms with E-state index in [1.165, 1.54) is 16.2 Å². The summed E-state index contributed by atoms with van der Waals surface area (Å²) in [5.41, 5.74) is 7.75. The first-order chi connectivity index (χ1) is 15.4. The molecule has 1 aromatic carbocycles. The number of fused-ring (bicyclic) bond motifs is 1. The van der Waals surface area contributed by atoms with Crippen LogP contribution in [0.4, 0.5) is 5.00 Å². The quantitative estimate of drug-likeness (QED) is 0.477. The number of carbonyl (C=O) groups excluding carboxylic acids is 3. The Morgan fingerprint density at radius 3 is 2.66 bits per heavy atom. The van der Waals surface area contributed by atoms with E-state index in [-0.39, 0.29) is 12.5 Å². The summed E-state index contributed by atoms with van der Waals surface area (Å²) in [6.45, 7) is -0.231. The number of nitrogens with one attached hydrogen (secondary N) is 1. The number of carbonyl (C=O) groups is 3. The van der Waals surface area contributed by atoms with Gasteiger partial charge in [0.1, 0.15) is 21.6 Å². The number of rotatable bonds is 6. The lowest BCUT2D eigenvalue weighted by atomic mass is 9.95. The van der Waals surface area contributed by atoms with E-state index in [0.29, 0.717) is 19.8 Å². The van der Waals surface area contributed by atoms with E-state index >= 15 is 0 Å². The van der Waals surface area contributed by atoms with E-state index in [2.05, 4.69) is 5.32 Å². The van der Waals surface area contributed by atoms with E-state index in [0.717, 1.165) is 59.2 Å². The first-order valence-corrected chi connectivity index (χ1v) is 12.0. The monoisotopic (exact) mass is 487 g/mol. The second kappa shape index (κ2) is 9.43. The van der Waals surface area contributed by atoms with Gasteiger partial charge in [0.25, 0.3) is 11.8 Å². The average molecular weight is 488 g/mol. The van der Waals surface area contributed by atoms with Gasteiger partial charge in [0.05, 0.1) is 17.6 Å². The molecule has 166 valence electrons. The Morgan fingerprint density at radius 1 is 1.25 bits per heavy atom. The second-order valence-corrected chi connectivity index (χ2v) is 10.1. The largest absolute Gasteiger partial charge is 0.497 e. The van der Waals surface area contributed by atoms with Crippen molar-refractivity contribution in [1.82, 2.24) is 4.90 Å². The predicted octanol–water partition coefficient (Wildman–Crippen LogP) is 3.57. The van der Waals surface area contributed by atoms with E-state index in [4.69, 9.17) is 22.7 Å². The molecule has 0 saturated carbocycles. The normalized spacial score (nSPS) is 16.9. The Hall–Kier alpha value is -2.69. The minimum Gasteiger partial charge on any atom is -0.497 e. The van der Waals surface area contributed by atoms with Gasteiger partial charge in [-0.15, -0.1) is 11.3 Å². The number of methoxy groups -OCH3 is 1. The molecule has 32 heavy (non-hydrogen) atoms. The molecule has 4 rings (SSSR count). The number of anilines is 1. The highest BCUT2D eigenvalue weighted by molar-refractivity contribution is 8.26. The molecule has 0 bridgehead atoms. The molecule has 3 N–H and O–H groups in total. The number of hydrogen-bond donors (Lipinski definition) is 2. The first kappa shape index (κ1) is 22.5. The third-order valence-corrected chi connectivity index (χ3v) is 7.84. The lowest BCUT2D eigenvalue weighted by molar-refractivity contribution is -0.126. The van der Waals surface area contributed by atoms with Crippen molar-refractivity contribution in [3.8, 4) is 5.75 Å². The van der Waals surface area contributed by atoms with Crippen LogP contribution in [-0.4, -0.2) is 40.6 Å². The smallest absolute Gasteiger partial charge is 0.266 e. The van der Waals surface area contributed by atoms with Crippen LogP contribution in [0.2, 0.25) is 0 Å². The van der Waals surface area contributed by atoms with Gasteiger partial charge in [0.2, 0.25) is 5.91 Å². The molecule has 7 nitrogen and oxygen atoms in total. The van der Waals surface area contributed by atoms with Crippen LogP contribution < -0.4 is 15.8 Å². The van der Waals surface area contributed by atoms with E-state index in [1.807, 2.05) is 12.1 Å². The Morgan fingerprint density at radius 2 is 1.97 bits per heavy atom. The van der Waals surface area contributed by atoms with Crippen molar-refractivity contribution in [3.05, 3.63) is 50.7 Å². The van der Waals surface area contributed by atoms with Crippen molar-refractivity contribution in [1.29, 1.82) is 0 Å². The summed E-state index contributed by atoms with van der Waals surface area (Å²) >= 11 is 7.87. The maximum absolute atomic E-state index is 12.8. The second-order valence-electron chi connectivity index (χ2n) is 7.37. The van der Waals surface area contributed by atoms with Gasteiger partial charge in [-0.3, -0.25) is 19.3 Å². The molecule has 1 aliphatic heterocycles. The Balaban J connectivity index is 1.47. The molecule has 0 atom stereocenters. The Labute approximate surface area is 199 Å². The number of aryl methyl sites for hydroxylation is 1. The SMILES string of the molecule is COc1ccc(/C=C2/SC(=S)N(CC(=O)Nc3sc4c(c3C(N)=O)CCCC4)C2=O)cc1. The van der Waals surface area contributed by atoms with Crippen molar-refractivity contribution in [3.63, 3.8) is 0 Å². The fraction of sp³-hybridized carbons (Fsp3) is 0.273. The number of thiocarbonyl (C=S) groups is 1. The summed E-state index contributed by atoms with van der Waals surface area (Å²) in [5.74, 6) is -0.579. The molecule has 0 spiro atoms. The van der Waals surface area contributed by atoms with E-state index < -0.39 is 11.8 Å². The van der Waals surface area contributed by atoms with E-state index in [1.54, 1.807) is 25.3 Å². The zero-order chi connectivity index (χ0) is 22.8. The minimum atomic E-state index is -0.548. The maximum atomic E-state index is 12.8. The summed E-state index contributed by atoms with van der Waals surface area (Å²) in [4.78, 5) is 40.4. The summed E-state index contributed by atoms with van der Waals surface area (Å²) < 4.78 is 5.45. The van der Waals surface area contributed by atoms with Gasteiger partial charge in [-0.25, -0.2) is 0 Å². The summed E-state index contributed by atoms with van der Waals surface area (Å²) in [5, 5.41) is 3.23. The molecule has 2 heterocycles. The zero-order valence-electron chi connectivity index (χ0n) is 17.3. The van der Waals surface area contributed by atoms with Crippen molar-refractivity contribution in [2.24, 2.45) is 5.73 Å². The van der Waals surface area contributed by atoms with Gasteiger partial charge >= 0.3 is 0 Å². The van der Waals surface area contributed by atoms with Gasteiger partial charge in [0, 0.05) is 4.88 Å². The van der Waals surface area contributed by atoms with Crippen LogP contribution in [0.25, 0.3) is 6.08 Å². The van der Waals surface area contributed by atoms with Gasteiger partial charge in [-0.05, 0) is 55.0 Å². The molecule has 0 radical (unpaired) electrons. The predicted molar refractivity (Wildman–Crippen MR) is 131 cm³/mol. The third kappa shape index (κ3) is 4.57. The van der Waals surface area contributed by atoms with Crippen LogP contribution in [0.15, 0.2) is 29.2 Å². The number of amides is 3. The number of thiophene rings is 1. The van der Waals surface area contributed by atoms with Crippen molar-refractivity contribution < 1.29 is 19.1 Å². The lowest BCUT2D eigenvalue weighted by Crippen LogP contribution is -2.36. The molecule has 2 aliphatic rings. The van der Waals surface area contributed by atoms with Crippen LogP contribution in [0.3, 0.4) is 0 Å². The highest BCUT2D eigenvalue weighted by Crippen LogP contribution is 2.38. The molecule has 1 aromatic heterocycles. The number of thioether (sulfide) groups is 1. The molecule has 10 heteroatoms. The number of hydrogen-bond acceptors (Lipinski definition) is 7. The van der Waals surface area contributed by atoms with Crippen LogP contribution in [0.1, 0.15) is 39.2 Å². The number of nitrogens with two attached hydrogens (primary N) is 1. The Bertz CT molecular complexity index is 1140. The Kier molecular flexibility index (Phi) is 6.63. The first-order valence-electron chi connectivity index (χ1n) is 10.0. The minimum absolute atomic E-state index is 0.231. The molecule has 3 amide bonds. The van der Waals surface area contributed by atoms with Gasteiger partial charge in [-0.2, -0.15) is 0 Å². The summed E-state index contributed by atoms with van der Waals surface area (Å²) in [6, 6.07) is 7.28. The number of nitrogens with zero attached hydrogens (tertiary/aromatic N) is 1. The summed E-state index contributed by atoms with van der Waals surface area (Å²) in [6.07, 6.45) is 5.44. The highest BCUT2D eigenvalue weighted by atomic mass is 32.2. The number of primary amides is 1. The van der Waals surface area contributed by atoms with Crippen LogP contribution >= 0.6 is 35.3 Å². The van der Waals surface area contributed by atoms with Crippen LogP contribution in [0.5, 0.6) is 5.75 Å². The maximum Gasteiger partial charge on any atom is 0.266 e. The topological polar surface area (TPSA) is 102 Å². The molecule has 1 fully saturated rings. The lowest BCUT2D eigenvalue weighted by Gasteiger charge is -2.14. The average Bonchev–Trinajstić information content (AvgIpc) is 3.26. The van der Waals surface area contributed by atoms with Gasteiger partial charge < -0.3 is 15.8 Å². The van der Waals surface area contributed by atoms with Gasteiger partial charge in [-0.1, -0.05) is 36.1 Å². The zero-order valence-corrected chi connectivity index (χ0v) is 19.8. The van der Waals surface area contributed by atoms with Gasteiger partial charge in [0.15, 0.2) is 0 Å². The third-order valence-electron chi connectivity index (χ3n) is 5.26. The standard InChI is InChI=1S/C22H21N3O4S3/c1-29-13-8-6-12(7-9-13)10-16-21(28)25(22(30)32-16)11-17(26)24-20-18(19(23)27)14-4-2-3-5-15(14)31-20/h6-10H,2-5,11H2,1H3,(H2,23,27)(H,24,26)/b16-10+.